The average molecular weight is 346 g/mol. The summed E-state index contributed by atoms with van der Waals surface area (Å²) in [6, 6.07) is 15.8. The van der Waals surface area contributed by atoms with Gasteiger partial charge in [0, 0.05) is 5.56 Å². The van der Waals surface area contributed by atoms with Gasteiger partial charge in [-0.15, -0.1) is 5.11 Å². The molecular formula is C22H22N2O2. The molecule has 2 aromatic rings. The molecular weight excluding hydrogens is 324 g/mol. The standard InChI is InChI=1S/C22H22N2O2/c1-16-7-6-8-18(15-16)23-24-20-10-5-4-9-19(20)17-11-13-22(2,14-12-17)21(25)26-3/h4-13,15H,14H2,1-3H3. The third kappa shape index (κ3) is 3.80. The van der Waals surface area contributed by atoms with Crippen molar-refractivity contribution in [1.29, 1.82) is 0 Å². The van der Waals surface area contributed by atoms with Crippen molar-refractivity contribution in [3.8, 4) is 0 Å². The molecule has 4 nitrogen and oxygen atoms in total. The van der Waals surface area contributed by atoms with Crippen molar-refractivity contribution >= 4 is 22.9 Å². The minimum absolute atomic E-state index is 0.225. The summed E-state index contributed by atoms with van der Waals surface area (Å²) in [4.78, 5) is 11.9. The predicted octanol–water partition coefficient (Wildman–Crippen LogP) is 5.93. The number of esters is 1. The lowest BCUT2D eigenvalue weighted by Gasteiger charge is -2.25. The lowest BCUT2D eigenvalue weighted by molar-refractivity contribution is -0.148. The molecule has 0 spiro atoms. The van der Waals surface area contributed by atoms with E-state index in [0.29, 0.717) is 6.42 Å². The number of hydrogen-bond acceptors (Lipinski definition) is 4. The molecule has 0 aromatic heterocycles. The van der Waals surface area contributed by atoms with Gasteiger partial charge >= 0.3 is 5.97 Å². The van der Waals surface area contributed by atoms with E-state index < -0.39 is 5.41 Å². The highest BCUT2D eigenvalue weighted by molar-refractivity contribution is 5.86. The molecule has 0 bridgehead atoms. The summed E-state index contributed by atoms with van der Waals surface area (Å²) in [6.45, 7) is 3.91. The molecule has 0 N–H and O–H groups in total. The van der Waals surface area contributed by atoms with E-state index in [0.717, 1.165) is 28.1 Å². The van der Waals surface area contributed by atoms with Crippen molar-refractivity contribution < 1.29 is 9.53 Å². The van der Waals surface area contributed by atoms with E-state index in [1.807, 2.05) is 74.5 Å². The van der Waals surface area contributed by atoms with Gasteiger partial charge in [-0.25, -0.2) is 0 Å². The number of ether oxygens (including phenoxy) is 1. The van der Waals surface area contributed by atoms with Gasteiger partial charge in [-0.2, -0.15) is 5.11 Å². The Morgan fingerprint density at radius 3 is 2.62 bits per heavy atom. The van der Waals surface area contributed by atoms with Crippen molar-refractivity contribution in [2.45, 2.75) is 20.3 Å². The van der Waals surface area contributed by atoms with Crippen LogP contribution in [0.2, 0.25) is 0 Å². The summed E-state index contributed by atoms with van der Waals surface area (Å²) in [5, 5.41) is 8.80. The minimum Gasteiger partial charge on any atom is -0.468 e. The van der Waals surface area contributed by atoms with Gasteiger partial charge in [0.15, 0.2) is 0 Å². The molecule has 0 saturated carbocycles. The van der Waals surface area contributed by atoms with Crippen molar-refractivity contribution in [3.63, 3.8) is 0 Å². The lowest BCUT2D eigenvalue weighted by Crippen LogP contribution is -2.27. The highest BCUT2D eigenvalue weighted by Crippen LogP contribution is 2.37. The molecule has 26 heavy (non-hydrogen) atoms. The van der Waals surface area contributed by atoms with Crippen LogP contribution in [0.25, 0.3) is 5.57 Å². The minimum atomic E-state index is -0.615. The molecule has 1 unspecified atom stereocenters. The Hall–Kier alpha value is -3.01. The van der Waals surface area contributed by atoms with E-state index in [-0.39, 0.29) is 5.97 Å². The Morgan fingerprint density at radius 2 is 1.92 bits per heavy atom. The normalized spacial score (nSPS) is 19.4. The van der Waals surface area contributed by atoms with E-state index in [9.17, 15) is 4.79 Å². The molecule has 0 amide bonds. The molecule has 1 aliphatic rings. The van der Waals surface area contributed by atoms with E-state index in [1.54, 1.807) is 0 Å². The topological polar surface area (TPSA) is 51.0 Å². The zero-order chi connectivity index (χ0) is 18.6. The van der Waals surface area contributed by atoms with E-state index in [2.05, 4.69) is 16.3 Å². The summed E-state index contributed by atoms with van der Waals surface area (Å²) < 4.78 is 4.90. The number of carbonyl (C=O) groups excluding carboxylic acids is 1. The Bertz CT molecular complexity index is 912. The number of nitrogens with zero attached hydrogens (tertiary/aromatic N) is 2. The van der Waals surface area contributed by atoms with Gasteiger partial charge < -0.3 is 4.74 Å². The number of hydrogen-bond donors (Lipinski definition) is 0. The summed E-state index contributed by atoms with van der Waals surface area (Å²) in [7, 11) is 1.42. The summed E-state index contributed by atoms with van der Waals surface area (Å²) in [5.41, 5.74) is 4.18. The quantitative estimate of drug-likeness (QED) is 0.508. The van der Waals surface area contributed by atoms with E-state index in [4.69, 9.17) is 4.74 Å². The first kappa shape index (κ1) is 17.8. The lowest BCUT2D eigenvalue weighted by atomic mass is 9.80. The smallest absolute Gasteiger partial charge is 0.315 e. The van der Waals surface area contributed by atoms with Crippen LogP contribution in [0.5, 0.6) is 0 Å². The highest BCUT2D eigenvalue weighted by Gasteiger charge is 2.32. The van der Waals surface area contributed by atoms with Crippen LogP contribution in [0, 0.1) is 12.3 Å². The number of benzene rings is 2. The Kier molecular flexibility index (Phi) is 5.12. The number of methoxy groups -OCH3 is 1. The first-order chi connectivity index (χ1) is 12.5. The van der Waals surface area contributed by atoms with Crippen molar-refractivity contribution in [1.82, 2.24) is 0 Å². The van der Waals surface area contributed by atoms with Crippen LogP contribution < -0.4 is 0 Å². The first-order valence-corrected chi connectivity index (χ1v) is 8.57. The monoisotopic (exact) mass is 346 g/mol. The van der Waals surface area contributed by atoms with E-state index in [1.165, 1.54) is 7.11 Å². The van der Waals surface area contributed by atoms with Gasteiger partial charge in [0.05, 0.1) is 23.9 Å². The van der Waals surface area contributed by atoms with Crippen molar-refractivity contribution in [2.75, 3.05) is 7.11 Å². The zero-order valence-corrected chi connectivity index (χ0v) is 15.3. The van der Waals surface area contributed by atoms with Gasteiger partial charge in [0.2, 0.25) is 0 Å². The third-order valence-corrected chi connectivity index (χ3v) is 4.52. The maximum atomic E-state index is 11.9. The molecule has 0 heterocycles. The number of azo groups is 1. The van der Waals surface area contributed by atoms with Crippen molar-refractivity contribution in [3.05, 3.63) is 77.9 Å². The summed E-state index contributed by atoms with van der Waals surface area (Å²) >= 11 is 0. The first-order valence-electron chi connectivity index (χ1n) is 8.57. The molecule has 132 valence electrons. The second-order valence-corrected chi connectivity index (χ2v) is 6.66. The molecule has 1 aliphatic carbocycles. The van der Waals surface area contributed by atoms with Crippen LogP contribution in [0.1, 0.15) is 24.5 Å². The van der Waals surface area contributed by atoms with Crippen LogP contribution in [0.15, 0.2) is 77.0 Å². The molecule has 1 atom stereocenters. The van der Waals surface area contributed by atoms with E-state index >= 15 is 0 Å². The number of aryl methyl sites for hydroxylation is 1. The fraction of sp³-hybridized carbons (Fsp3) is 0.227. The average Bonchev–Trinajstić information content (AvgIpc) is 2.67. The summed E-state index contributed by atoms with van der Waals surface area (Å²) in [6.07, 6.45) is 6.51. The number of carbonyl (C=O) groups is 1. The van der Waals surface area contributed by atoms with Crippen LogP contribution in [-0.2, 0) is 9.53 Å². The van der Waals surface area contributed by atoms with Crippen LogP contribution in [0.3, 0.4) is 0 Å². The maximum absolute atomic E-state index is 11.9. The van der Waals surface area contributed by atoms with Crippen LogP contribution >= 0.6 is 0 Å². The van der Waals surface area contributed by atoms with Gasteiger partial charge in [-0.05, 0) is 49.6 Å². The summed E-state index contributed by atoms with van der Waals surface area (Å²) in [5.74, 6) is -0.225. The second-order valence-electron chi connectivity index (χ2n) is 6.66. The van der Waals surface area contributed by atoms with Gasteiger partial charge in [-0.3, -0.25) is 4.79 Å². The third-order valence-electron chi connectivity index (χ3n) is 4.52. The Balaban J connectivity index is 1.87. The van der Waals surface area contributed by atoms with Crippen LogP contribution in [-0.4, -0.2) is 13.1 Å². The largest absolute Gasteiger partial charge is 0.468 e. The van der Waals surface area contributed by atoms with Crippen molar-refractivity contribution in [2.24, 2.45) is 15.6 Å². The molecule has 4 heteroatoms. The molecule has 0 aliphatic heterocycles. The van der Waals surface area contributed by atoms with Gasteiger partial charge in [0.25, 0.3) is 0 Å². The molecule has 0 radical (unpaired) electrons. The highest BCUT2D eigenvalue weighted by atomic mass is 16.5. The SMILES string of the molecule is COC(=O)C1(C)C=CC(c2ccccc2N=Nc2cccc(C)c2)=CC1. The maximum Gasteiger partial charge on any atom is 0.315 e. The molecule has 0 fully saturated rings. The van der Waals surface area contributed by atoms with Crippen LogP contribution in [0.4, 0.5) is 11.4 Å². The predicted molar refractivity (Wildman–Crippen MR) is 104 cm³/mol. The molecule has 2 aromatic carbocycles. The zero-order valence-electron chi connectivity index (χ0n) is 15.3. The second kappa shape index (κ2) is 7.48. The van der Waals surface area contributed by atoms with Gasteiger partial charge in [0.1, 0.15) is 0 Å². The van der Waals surface area contributed by atoms with Gasteiger partial charge in [-0.1, -0.05) is 48.6 Å². The number of rotatable bonds is 4. The Labute approximate surface area is 153 Å². The molecule has 0 saturated heterocycles. The number of allylic oxidation sites excluding steroid dienone is 3. The fourth-order valence-corrected chi connectivity index (χ4v) is 2.92. The fourth-order valence-electron chi connectivity index (χ4n) is 2.92. The molecule has 3 rings (SSSR count). The Morgan fingerprint density at radius 1 is 1.12 bits per heavy atom.